The van der Waals surface area contributed by atoms with E-state index in [4.69, 9.17) is 4.74 Å². The van der Waals surface area contributed by atoms with Crippen LogP contribution in [0.15, 0.2) is 78.9 Å². The third kappa shape index (κ3) is 5.04. The molecule has 1 unspecified atom stereocenters. The molecule has 0 saturated carbocycles. The molecule has 0 bridgehead atoms. The van der Waals surface area contributed by atoms with Crippen molar-refractivity contribution in [1.82, 2.24) is 0 Å². The van der Waals surface area contributed by atoms with E-state index in [0.717, 1.165) is 0 Å². The van der Waals surface area contributed by atoms with Crippen molar-refractivity contribution in [3.05, 3.63) is 100 Å². The SMILES string of the molecule is CC(Oc1ccc(C(=O)c2ccccc2)cc1)C(=O)Nc1ccc([N+](=O)[O-])cc1. The van der Waals surface area contributed by atoms with E-state index in [9.17, 15) is 19.7 Å². The minimum atomic E-state index is -0.805. The first-order valence-corrected chi connectivity index (χ1v) is 8.86. The van der Waals surface area contributed by atoms with Crippen molar-refractivity contribution < 1.29 is 19.2 Å². The summed E-state index contributed by atoms with van der Waals surface area (Å²) in [7, 11) is 0. The summed E-state index contributed by atoms with van der Waals surface area (Å²) in [4.78, 5) is 34.8. The average Bonchev–Trinajstić information content (AvgIpc) is 2.74. The molecule has 3 rings (SSSR count). The summed E-state index contributed by atoms with van der Waals surface area (Å²) in [6, 6.07) is 21.0. The number of ether oxygens (including phenoxy) is 1. The monoisotopic (exact) mass is 390 g/mol. The zero-order chi connectivity index (χ0) is 20.8. The number of non-ortho nitro benzene ring substituents is 1. The van der Waals surface area contributed by atoms with Gasteiger partial charge < -0.3 is 10.1 Å². The number of hydrogen-bond donors (Lipinski definition) is 1. The Bertz CT molecular complexity index is 1020. The molecule has 0 aliphatic carbocycles. The van der Waals surface area contributed by atoms with Gasteiger partial charge in [-0.1, -0.05) is 30.3 Å². The van der Waals surface area contributed by atoms with Crippen LogP contribution in [0.5, 0.6) is 5.75 Å². The maximum absolute atomic E-state index is 12.4. The largest absolute Gasteiger partial charge is 0.481 e. The molecule has 0 saturated heterocycles. The topological polar surface area (TPSA) is 98.5 Å². The molecule has 0 aromatic heterocycles. The van der Waals surface area contributed by atoms with Crippen molar-refractivity contribution >= 4 is 23.1 Å². The van der Waals surface area contributed by atoms with Gasteiger partial charge >= 0.3 is 0 Å². The molecule has 146 valence electrons. The van der Waals surface area contributed by atoms with Gasteiger partial charge in [0, 0.05) is 28.9 Å². The summed E-state index contributed by atoms with van der Waals surface area (Å²) in [5.74, 6) is -0.0506. The van der Waals surface area contributed by atoms with Crippen LogP contribution in [0.3, 0.4) is 0 Å². The van der Waals surface area contributed by atoms with Gasteiger partial charge in [0.2, 0.25) is 0 Å². The van der Waals surface area contributed by atoms with Gasteiger partial charge in [-0.05, 0) is 43.3 Å². The number of nitro groups is 1. The molecule has 0 radical (unpaired) electrons. The van der Waals surface area contributed by atoms with Gasteiger partial charge in [-0.25, -0.2) is 0 Å². The number of benzene rings is 3. The Morgan fingerprint density at radius 3 is 2.07 bits per heavy atom. The highest BCUT2D eigenvalue weighted by Gasteiger charge is 2.16. The summed E-state index contributed by atoms with van der Waals surface area (Å²) in [6.07, 6.45) is -0.805. The third-order valence-electron chi connectivity index (χ3n) is 4.18. The highest BCUT2D eigenvalue weighted by molar-refractivity contribution is 6.09. The van der Waals surface area contributed by atoms with Crippen LogP contribution in [0.25, 0.3) is 0 Å². The second kappa shape index (κ2) is 8.79. The second-order valence-electron chi connectivity index (χ2n) is 6.27. The number of anilines is 1. The van der Waals surface area contributed by atoms with Crippen LogP contribution >= 0.6 is 0 Å². The molecule has 0 spiro atoms. The Morgan fingerprint density at radius 1 is 0.897 bits per heavy atom. The van der Waals surface area contributed by atoms with Crippen molar-refractivity contribution in [3.63, 3.8) is 0 Å². The summed E-state index contributed by atoms with van der Waals surface area (Å²) in [5, 5.41) is 13.3. The lowest BCUT2D eigenvalue weighted by molar-refractivity contribution is -0.384. The van der Waals surface area contributed by atoms with E-state index in [1.807, 2.05) is 6.07 Å². The zero-order valence-corrected chi connectivity index (χ0v) is 15.6. The smallest absolute Gasteiger partial charge is 0.269 e. The predicted molar refractivity (Wildman–Crippen MR) is 108 cm³/mol. The van der Waals surface area contributed by atoms with Crippen molar-refractivity contribution in [2.45, 2.75) is 13.0 Å². The van der Waals surface area contributed by atoms with E-state index >= 15 is 0 Å². The lowest BCUT2D eigenvalue weighted by Gasteiger charge is -2.15. The Hall–Kier alpha value is -4.00. The average molecular weight is 390 g/mol. The lowest BCUT2D eigenvalue weighted by Crippen LogP contribution is -2.30. The standard InChI is InChI=1S/C22H18N2O5/c1-15(22(26)23-18-9-11-19(12-10-18)24(27)28)29-20-13-7-17(8-14-20)21(25)16-5-3-2-4-6-16/h2-15H,1H3,(H,23,26). The van der Waals surface area contributed by atoms with Crippen molar-refractivity contribution in [1.29, 1.82) is 0 Å². The Balaban J connectivity index is 1.59. The fraction of sp³-hybridized carbons (Fsp3) is 0.0909. The Labute approximate surface area is 167 Å². The normalized spacial score (nSPS) is 11.3. The number of ketones is 1. The van der Waals surface area contributed by atoms with Crippen molar-refractivity contribution in [3.8, 4) is 5.75 Å². The van der Waals surface area contributed by atoms with E-state index < -0.39 is 16.9 Å². The van der Waals surface area contributed by atoms with E-state index in [1.165, 1.54) is 24.3 Å². The number of carbonyl (C=O) groups excluding carboxylic acids is 2. The number of rotatable bonds is 7. The number of hydrogen-bond acceptors (Lipinski definition) is 5. The van der Waals surface area contributed by atoms with Gasteiger partial charge in [0.1, 0.15) is 5.75 Å². The molecular formula is C22H18N2O5. The summed E-state index contributed by atoms with van der Waals surface area (Å²) in [5.41, 5.74) is 1.49. The minimum absolute atomic E-state index is 0.0579. The summed E-state index contributed by atoms with van der Waals surface area (Å²) < 4.78 is 5.62. The number of carbonyl (C=O) groups is 2. The highest BCUT2D eigenvalue weighted by atomic mass is 16.6. The second-order valence-corrected chi connectivity index (χ2v) is 6.27. The molecule has 3 aromatic carbocycles. The fourth-order valence-corrected chi connectivity index (χ4v) is 2.61. The summed E-state index contributed by atoms with van der Waals surface area (Å²) in [6.45, 7) is 1.59. The van der Waals surface area contributed by atoms with E-state index in [1.54, 1.807) is 55.5 Å². The van der Waals surface area contributed by atoms with E-state index in [0.29, 0.717) is 22.6 Å². The molecule has 0 aliphatic heterocycles. The van der Waals surface area contributed by atoms with Crippen molar-refractivity contribution in [2.24, 2.45) is 0 Å². The van der Waals surface area contributed by atoms with Crippen LogP contribution in [0.4, 0.5) is 11.4 Å². The molecule has 1 amide bonds. The van der Waals surface area contributed by atoms with Gasteiger partial charge in [0.05, 0.1) is 4.92 Å². The highest BCUT2D eigenvalue weighted by Crippen LogP contribution is 2.18. The van der Waals surface area contributed by atoms with E-state index in [2.05, 4.69) is 5.32 Å². The molecule has 1 N–H and O–H groups in total. The molecule has 3 aromatic rings. The third-order valence-corrected chi connectivity index (χ3v) is 4.18. The first-order chi connectivity index (χ1) is 13.9. The van der Waals surface area contributed by atoms with Crippen molar-refractivity contribution in [2.75, 3.05) is 5.32 Å². The van der Waals surface area contributed by atoms with Gasteiger partial charge in [0.25, 0.3) is 11.6 Å². The van der Waals surface area contributed by atoms with E-state index in [-0.39, 0.29) is 11.5 Å². The number of nitrogens with one attached hydrogen (secondary N) is 1. The quantitative estimate of drug-likeness (QED) is 0.370. The van der Waals surface area contributed by atoms with Gasteiger partial charge in [0.15, 0.2) is 11.9 Å². The summed E-state index contributed by atoms with van der Waals surface area (Å²) >= 11 is 0. The first kappa shape index (κ1) is 19.8. The van der Waals surface area contributed by atoms with Gasteiger partial charge in [-0.3, -0.25) is 19.7 Å². The fourth-order valence-electron chi connectivity index (χ4n) is 2.61. The Morgan fingerprint density at radius 2 is 1.48 bits per heavy atom. The molecule has 0 aliphatic rings. The predicted octanol–water partition coefficient (Wildman–Crippen LogP) is 4.23. The number of amides is 1. The van der Waals surface area contributed by atoms with Gasteiger partial charge in [-0.15, -0.1) is 0 Å². The molecule has 0 heterocycles. The first-order valence-electron chi connectivity index (χ1n) is 8.86. The lowest BCUT2D eigenvalue weighted by atomic mass is 10.0. The van der Waals surface area contributed by atoms with Crippen LogP contribution < -0.4 is 10.1 Å². The molecule has 0 fully saturated rings. The minimum Gasteiger partial charge on any atom is -0.481 e. The van der Waals surface area contributed by atoms with Crippen LogP contribution in [0.2, 0.25) is 0 Å². The van der Waals surface area contributed by atoms with Crippen LogP contribution in [-0.2, 0) is 4.79 Å². The van der Waals surface area contributed by atoms with Crippen LogP contribution in [0, 0.1) is 10.1 Å². The molecule has 1 atom stereocenters. The van der Waals surface area contributed by atoms with Gasteiger partial charge in [-0.2, -0.15) is 0 Å². The molecule has 7 nitrogen and oxygen atoms in total. The van der Waals surface area contributed by atoms with Crippen LogP contribution in [-0.4, -0.2) is 22.7 Å². The maximum atomic E-state index is 12.4. The Kier molecular flexibility index (Phi) is 5.99. The maximum Gasteiger partial charge on any atom is 0.269 e. The number of nitrogens with zero attached hydrogens (tertiary/aromatic N) is 1. The molecule has 29 heavy (non-hydrogen) atoms. The zero-order valence-electron chi connectivity index (χ0n) is 15.6. The molecular weight excluding hydrogens is 372 g/mol. The number of nitro benzene ring substituents is 1. The molecule has 7 heteroatoms. The van der Waals surface area contributed by atoms with Crippen LogP contribution in [0.1, 0.15) is 22.8 Å².